The molecule has 0 heterocycles. The topological polar surface area (TPSA) is 12.0 Å². The number of benzene rings is 2. The lowest BCUT2D eigenvalue weighted by molar-refractivity contribution is -0.137. The Morgan fingerprint density at radius 3 is 2.10 bits per heavy atom. The minimum absolute atomic E-state index is 0.106. The number of anilines is 1. The molecule has 0 unspecified atom stereocenters. The molecule has 0 aliphatic rings. The summed E-state index contributed by atoms with van der Waals surface area (Å²) in [6.07, 6.45) is -4.54. The van der Waals surface area contributed by atoms with E-state index in [2.05, 4.69) is 4.72 Å². The summed E-state index contributed by atoms with van der Waals surface area (Å²) in [5.74, 6) is 0. The Hall–Kier alpha value is -0.750. The zero-order valence-electron chi connectivity index (χ0n) is 10.1. The molecule has 8 heteroatoms. The van der Waals surface area contributed by atoms with Gasteiger partial charge in [-0.05, 0) is 48.3 Å². The predicted molar refractivity (Wildman–Crippen MR) is 82.4 cm³/mol. The van der Waals surface area contributed by atoms with Gasteiger partial charge in [-0.2, -0.15) is 13.2 Å². The van der Waals surface area contributed by atoms with Crippen LogP contribution in [0.25, 0.3) is 0 Å². The first-order chi connectivity index (χ1) is 9.77. The molecule has 0 saturated carbocycles. The summed E-state index contributed by atoms with van der Waals surface area (Å²) in [5.41, 5.74) is -0.805. The molecule has 0 saturated heterocycles. The third-order valence-corrected chi connectivity index (χ3v) is 4.16. The predicted octanol–water partition coefficient (Wildman–Crippen LogP) is 6.78. The second-order valence-electron chi connectivity index (χ2n) is 3.97. The van der Waals surface area contributed by atoms with E-state index < -0.39 is 16.8 Å². The highest BCUT2D eigenvalue weighted by Gasteiger charge is 2.34. The zero-order chi connectivity index (χ0) is 15.6. The molecule has 0 atom stereocenters. The number of alkyl halides is 3. The molecule has 0 bridgehead atoms. The smallest absolute Gasteiger partial charge is 0.324 e. The van der Waals surface area contributed by atoms with Crippen LogP contribution in [0.1, 0.15) is 5.56 Å². The van der Waals surface area contributed by atoms with Gasteiger partial charge in [0.2, 0.25) is 0 Å². The fraction of sp³-hybridized carbons (Fsp3) is 0.0769. The lowest BCUT2D eigenvalue weighted by Gasteiger charge is -2.13. The molecular weight excluding hydrogens is 366 g/mol. The van der Waals surface area contributed by atoms with E-state index in [0.717, 1.165) is 29.0 Å². The molecular formula is C13H7Cl3F3NS. The molecule has 2 aromatic carbocycles. The lowest BCUT2D eigenvalue weighted by Crippen LogP contribution is -2.06. The summed E-state index contributed by atoms with van der Waals surface area (Å²) < 4.78 is 41.1. The molecule has 0 aliphatic heterocycles. The van der Waals surface area contributed by atoms with Crippen molar-refractivity contribution in [1.82, 2.24) is 0 Å². The Labute approximate surface area is 138 Å². The van der Waals surface area contributed by atoms with E-state index in [-0.39, 0.29) is 10.7 Å². The third kappa shape index (κ3) is 4.36. The highest BCUT2D eigenvalue weighted by molar-refractivity contribution is 8.00. The zero-order valence-corrected chi connectivity index (χ0v) is 13.2. The number of halogens is 6. The Morgan fingerprint density at radius 1 is 0.905 bits per heavy atom. The number of hydrogen-bond acceptors (Lipinski definition) is 2. The Morgan fingerprint density at radius 2 is 1.52 bits per heavy atom. The van der Waals surface area contributed by atoms with Gasteiger partial charge in [-0.1, -0.05) is 34.8 Å². The van der Waals surface area contributed by atoms with E-state index in [1.807, 2.05) is 0 Å². The first kappa shape index (κ1) is 16.6. The van der Waals surface area contributed by atoms with Gasteiger partial charge in [-0.15, -0.1) is 0 Å². The van der Waals surface area contributed by atoms with Crippen molar-refractivity contribution in [3.05, 3.63) is 57.0 Å². The fourth-order valence-corrected chi connectivity index (χ4v) is 2.85. The Bertz CT molecular complexity index is 644. The molecule has 0 aromatic heterocycles. The first-order valence-corrected chi connectivity index (χ1v) is 7.47. The van der Waals surface area contributed by atoms with E-state index in [4.69, 9.17) is 34.8 Å². The molecule has 1 N–H and O–H groups in total. The van der Waals surface area contributed by atoms with Crippen molar-refractivity contribution < 1.29 is 13.2 Å². The van der Waals surface area contributed by atoms with Crippen LogP contribution >= 0.6 is 46.8 Å². The van der Waals surface area contributed by atoms with E-state index >= 15 is 0 Å². The molecule has 0 radical (unpaired) electrons. The van der Waals surface area contributed by atoms with E-state index in [1.165, 1.54) is 0 Å². The van der Waals surface area contributed by atoms with Crippen molar-refractivity contribution in [2.24, 2.45) is 0 Å². The molecule has 112 valence electrons. The Kier molecular flexibility index (Phi) is 5.20. The van der Waals surface area contributed by atoms with E-state index in [1.54, 1.807) is 24.3 Å². The van der Waals surface area contributed by atoms with Gasteiger partial charge < -0.3 is 4.72 Å². The summed E-state index contributed by atoms with van der Waals surface area (Å²) in [5, 5.41) is 0.243. The van der Waals surface area contributed by atoms with Gasteiger partial charge in [0.1, 0.15) is 0 Å². The van der Waals surface area contributed by atoms with Crippen molar-refractivity contribution in [2.45, 2.75) is 11.1 Å². The van der Waals surface area contributed by atoms with Crippen LogP contribution in [-0.2, 0) is 6.18 Å². The highest BCUT2D eigenvalue weighted by Crippen LogP contribution is 2.40. The van der Waals surface area contributed by atoms with Crippen LogP contribution in [0, 0.1) is 0 Å². The second-order valence-corrected chi connectivity index (χ2v) is 6.10. The highest BCUT2D eigenvalue weighted by atomic mass is 35.5. The van der Waals surface area contributed by atoms with Gasteiger partial charge in [0, 0.05) is 9.92 Å². The standard InChI is InChI=1S/C13H7Cl3F3NS/c14-7-1-3-8(4-2-7)21-20-12-5-9(13(17,18)19)10(15)6-11(12)16/h1-6,20H. The van der Waals surface area contributed by atoms with E-state index in [9.17, 15) is 13.2 Å². The van der Waals surface area contributed by atoms with Gasteiger partial charge in [0.05, 0.1) is 21.3 Å². The van der Waals surface area contributed by atoms with Crippen molar-refractivity contribution in [1.29, 1.82) is 0 Å². The van der Waals surface area contributed by atoms with Crippen molar-refractivity contribution in [2.75, 3.05) is 4.72 Å². The van der Waals surface area contributed by atoms with Crippen LogP contribution in [0.2, 0.25) is 15.1 Å². The molecule has 0 fully saturated rings. The molecule has 21 heavy (non-hydrogen) atoms. The van der Waals surface area contributed by atoms with Gasteiger partial charge in [-0.25, -0.2) is 0 Å². The number of nitrogens with one attached hydrogen (secondary N) is 1. The van der Waals surface area contributed by atoms with Crippen LogP contribution in [0.4, 0.5) is 18.9 Å². The van der Waals surface area contributed by atoms with Crippen LogP contribution in [-0.4, -0.2) is 0 Å². The summed E-state index contributed by atoms with van der Waals surface area (Å²) in [6, 6.07) is 8.76. The average molecular weight is 373 g/mol. The maximum Gasteiger partial charge on any atom is 0.417 e. The number of rotatable bonds is 3. The summed E-state index contributed by atoms with van der Waals surface area (Å²) in [6.45, 7) is 0. The summed E-state index contributed by atoms with van der Waals surface area (Å²) >= 11 is 18.3. The molecule has 2 aromatic rings. The van der Waals surface area contributed by atoms with Crippen LogP contribution in [0.3, 0.4) is 0 Å². The quantitative estimate of drug-likeness (QED) is 0.596. The van der Waals surface area contributed by atoms with Gasteiger partial charge in [0.25, 0.3) is 0 Å². The molecule has 0 amide bonds. The normalized spacial score (nSPS) is 11.5. The van der Waals surface area contributed by atoms with Crippen molar-refractivity contribution in [3.8, 4) is 0 Å². The lowest BCUT2D eigenvalue weighted by atomic mass is 10.2. The van der Waals surface area contributed by atoms with Crippen LogP contribution in [0.15, 0.2) is 41.3 Å². The maximum absolute atomic E-state index is 12.8. The second kappa shape index (κ2) is 6.57. The van der Waals surface area contributed by atoms with Gasteiger partial charge >= 0.3 is 6.18 Å². The monoisotopic (exact) mass is 371 g/mol. The van der Waals surface area contributed by atoms with E-state index in [0.29, 0.717) is 5.02 Å². The molecule has 2 rings (SSSR count). The summed E-state index contributed by atoms with van der Waals surface area (Å²) in [7, 11) is 0. The van der Waals surface area contributed by atoms with Gasteiger partial charge in [0.15, 0.2) is 0 Å². The molecule has 1 nitrogen and oxygen atoms in total. The summed E-state index contributed by atoms with van der Waals surface area (Å²) in [4.78, 5) is 0.777. The maximum atomic E-state index is 12.8. The average Bonchev–Trinajstić information content (AvgIpc) is 2.38. The van der Waals surface area contributed by atoms with Crippen molar-refractivity contribution in [3.63, 3.8) is 0 Å². The third-order valence-electron chi connectivity index (χ3n) is 2.45. The van der Waals surface area contributed by atoms with Crippen LogP contribution in [0.5, 0.6) is 0 Å². The first-order valence-electron chi connectivity index (χ1n) is 5.52. The SMILES string of the molecule is FC(F)(F)c1cc(NSc2ccc(Cl)cc2)c(Cl)cc1Cl. The van der Waals surface area contributed by atoms with Crippen molar-refractivity contribution >= 4 is 52.4 Å². The van der Waals surface area contributed by atoms with Gasteiger partial charge in [-0.3, -0.25) is 0 Å². The Balaban J connectivity index is 2.22. The molecule has 0 aliphatic carbocycles. The van der Waals surface area contributed by atoms with Crippen LogP contribution < -0.4 is 4.72 Å². The minimum atomic E-state index is -4.54. The fourth-order valence-electron chi connectivity index (χ4n) is 1.46. The largest absolute Gasteiger partial charge is 0.417 e. The molecule has 0 spiro atoms. The minimum Gasteiger partial charge on any atom is -0.324 e. The number of hydrogen-bond donors (Lipinski definition) is 1.